The Bertz CT molecular complexity index is 740. The monoisotopic (exact) mass is 260 g/mol. The molecule has 0 bridgehead atoms. The molecule has 3 rings (SSSR count). The summed E-state index contributed by atoms with van der Waals surface area (Å²) in [4.78, 5) is 12.5. The Morgan fingerprint density at radius 1 is 1.39 bits per heavy atom. The van der Waals surface area contributed by atoms with E-state index < -0.39 is 0 Å². The molecule has 0 saturated carbocycles. The van der Waals surface area contributed by atoms with Gasteiger partial charge in [-0.05, 0) is 29.1 Å². The van der Waals surface area contributed by atoms with Crippen molar-refractivity contribution in [2.75, 3.05) is 0 Å². The number of hydrogen-bond donors (Lipinski definition) is 1. The van der Waals surface area contributed by atoms with Gasteiger partial charge in [-0.2, -0.15) is 0 Å². The normalized spacial score (nSPS) is 13.0. The topological polar surface area (TPSA) is 61.2 Å². The molecule has 0 aliphatic carbocycles. The van der Waals surface area contributed by atoms with Crippen molar-refractivity contribution in [1.82, 2.24) is 4.57 Å². The van der Waals surface area contributed by atoms with Crippen molar-refractivity contribution in [3.05, 3.63) is 56.7 Å². The maximum atomic E-state index is 11.4. The van der Waals surface area contributed by atoms with Crippen LogP contribution in [0.5, 0.6) is 0 Å². The number of aryl methyl sites for hydroxylation is 1. The van der Waals surface area contributed by atoms with Crippen LogP contribution in [-0.4, -0.2) is 4.57 Å². The first-order chi connectivity index (χ1) is 8.66. The minimum atomic E-state index is -0.355. The van der Waals surface area contributed by atoms with E-state index in [1.807, 2.05) is 35.7 Å². The van der Waals surface area contributed by atoms with Crippen LogP contribution in [0.15, 0.2) is 44.9 Å². The van der Waals surface area contributed by atoms with Crippen LogP contribution >= 0.6 is 11.3 Å². The molecule has 0 spiro atoms. The second-order valence-corrected chi connectivity index (χ2v) is 5.13. The van der Waals surface area contributed by atoms with Gasteiger partial charge in [-0.3, -0.25) is 4.57 Å². The molecule has 0 amide bonds. The fourth-order valence-corrected chi connectivity index (χ4v) is 2.73. The molecule has 2 aromatic heterocycles. The van der Waals surface area contributed by atoms with Crippen LogP contribution in [0, 0.1) is 0 Å². The molecule has 4 nitrogen and oxygen atoms in total. The number of hydrogen-bond acceptors (Lipinski definition) is 4. The third kappa shape index (κ3) is 1.68. The Kier molecular flexibility index (Phi) is 2.57. The second kappa shape index (κ2) is 4.12. The number of thiophene rings is 1. The van der Waals surface area contributed by atoms with E-state index in [2.05, 4.69) is 0 Å². The van der Waals surface area contributed by atoms with Gasteiger partial charge in [-0.1, -0.05) is 12.1 Å². The molecule has 0 aliphatic rings. The predicted molar refractivity (Wildman–Crippen MR) is 71.8 cm³/mol. The summed E-state index contributed by atoms with van der Waals surface area (Å²) in [5, 5.41) is 2.00. The summed E-state index contributed by atoms with van der Waals surface area (Å²) in [5.74, 6) is -0.355. The lowest BCUT2D eigenvalue weighted by Crippen LogP contribution is -2.10. The van der Waals surface area contributed by atoms with Gasteiger partial charge in [-0.25, -0.2) is 4.79 Å². The molecule has 92 valence electrons. The summed E-state index contributed by atoms with van der Waals surface area (Å²) < 4.78 is 6.64. The summed E-state index contributed by atoms with van der Waals surface area (Å²) in [6.07, 6.45) is 0. The minimum Gasteiger partial charge on any atom is -0.408 e. The van der Waals surface area contributed by atoms with Gasteiger partial charge in [0.15, 0.2) is 5.58 Å². The molecule has 0 aliphatic heterocycles. The third-order valence-corrected chi connectivity index (χ3v) is 3.98. The second-order valence-electron chi connectivity index (χ2n) is 4.15. The molecule has 18 heavy (non-hydrogen) atoms. The van der Waals surface area contributed by atoms with Gasteiger partial charge in [0.05, 0.1) is 11.6 Å². The maximum absolute atomic E-state index is 11.4. The van der Waals surface area contributed by atoms with Crippen molar-refractivity contribution in [2.45, 2.75) is 6.04 Å². The van der Waals surface area contributed by atoms with Crippen LogP contribution < -0.4 is 11.5 Å². The highest BCUT2D eigenvalue weighted by Crippen LogP contribution is 2.26. The number of rotatable bonds is 2. The van der Waals surface area contributed by atoms with Gasteiger partial charge >= 0.3 is 5.76 Å². The standard InChI is InChI=1S/C13H12N2O2S/c1-15-9-5-4-8(7-10(9)17-13(15)16)12(14)11-3-2-6-18-11/h2-7,12H,14H2,1H3. The summed E-state index contributed by atoms with van der Waals surface area (Å²) in [5.41, 5.74) is 8.48. The van der Waals surface area contributed by atoms with Gasteiger partial charge in [0, 0.05) is 11.9 Å². The van der Waals surface area contributed by atoms with Crippen molar-refractivity contribution in [3.8, 4) is 0 Å². The fraction of sp³-hybridized carbons (Fsp3) is 0.154. The number of aromatic nitrogens is 1. The molecule has 2 heterocycles. The average molecular weight is 260 g/mol. The van der Waals surface area contributed by atoms with Crippen molar-refractivity contribution in [1.29, 1.82) is 0 Å². The number of fused-ring (bicyclic) bond motifs is 1. The molecular formula is C13H12N2O2S. The fourth-order valence-electron chi connectivity index (χ4n) is 1.98. The van der Waals surface area contributed by atoms with Crippen LogP contribution in [0.25, 0.3) is 11.1 Å². The number of benzene rings is 1. The minimum absolute atomic E-state index is 0.181. The third-order valence-electron chi connectivity index (χ3n) is 3.03. The summed E-state index contributed by atoms with van der Waals surface area (Å²) in [6, 6.07) is 9.42. The van der Waals surface area contributed by atoms with E-state index in [4.69, 9.17) is 10.2 Å². The Morgan fingerprint density at radius 3 is 2.94 bits per heavy atom. The van der Waals surface area contributed by atoms with Gasteiger partial charge < -0.3 is 10.2 Å². The zero-order valence-electron chi connectivity index (χ0n) is 9.79. The first-order valence-corrected chi connectivity index (χ1v) is 6.43. The van der Waals surface area contributed by atoms with Gasteiger partial charge in [0.1, 0.15) is 0 Å². The lowest BCUT2D eigenvalue weighted by Gasteiger charge is -2.09. The first-order valence-electron chi connectivity index (χ1n) is 5.55. The van der Waals surface area contributed by atoms with E-state index >= 15 is 0 Å². The maximum Gasteiger partial charge on any atom is 0.419 e. The van der Waals surface area contributed by atoms with E-state index in [1.54, 1.807) is 18.4 Å². The molecule has 1 aromatic carbocycles. The summed E-state index contributed by atoms with van der Waals surface area (Å²) in [7, 11) is 1.69. The quantitative estimate of drug-likeness (QED) is 0.768. The van der Waals surface area contributed by atoms with Crippen molar-refractivity contribution < 1.29 is 4.42 Å². The SMILES string of the molecule is Cn1c(=O)oc2cc(C(N)c3cccs3)ccc21. The highest BCUT2D eigenvalue weighted by molar-refractivity contribution is 7.10. The molecule has 0 fully saturated rings. The largest absolute Gasteiger partial charge is 0.419 e. The smallest absolute Gasteiger partial charge is 0.408 e. The van der Waals surface area contributed by atoms with Gasteiger partial charge in [0.25, 0.3) is 0 Å². The molecule has 1 unspecified atom stereocenters. The van der Waals surface area contributed by atoms with Crippen LogP contribution in [0.1, 0.15) is 16.5 Å². The van der Waals surface area contributed by atoms with Crippen LogP contribution in [0.3, 0.4) is 0 Å². The molecule has 0 saturated heterocycles. The van der Waals surface area contributed by atoms with E-state index in [-0.39, 0.29) is 11.8 Å². The lowest BCUT2D eigenvalue weighted by atomic mass is 10.1. The molecule has 5 heteroatoms. The van der Waals surface area contributed by atoms with Crippen LogP contribution in [-0.2, 0) is 7.05 Å². The zero-order chi connectivity index (χ0) is 12.7. The highest BCUT2D eigenvalue weighted by atomic mass is 32.1. The Labute approximate surface area is 107 Å². The van der Waals surface area contributed by atoms with Gasteiger partial charge in [0.2, 0.25) is 0 Å². The van der Waals surface area contributed by atoms with Crippen LogP contribution in [0.4, 0.5) is 0 Å². The van der Waals surface area contributed by atoms with Crippen molar-refractivity contribution >= 4 is 22.4 Å². The zero-order valence-corrected chi connectivity index (χ0v) is 10.6. The van der Waals surface area contributed by atoms with Crippen molar-refractivity contribution in [2.24, 2.45) is 12.8 Å². The lowest BCUT2D eigenvalue weighted by molar-refractivity contribution is 0.527. The Hall–Kier alpha value is -1.85. The van der Waals surface area contributed by atoms with Crippen LogP contribution in [0.2, 0.25) is 0 Å². The molecular weight excluding hydrogens is 248 g/mol. The van der Waals surface area contributed by atoms with E-state index in [0.29, 0.717) is 5.58 Å². The average Bonchev–Trinajstić information content (AvgIpc) is 2.98. The number of nitrogens with zero attached hydrogens (tertiary/aromatic N) is 1. The Balaban J connectivity index is 2.11. The van der Waals surface area contributed by atoms with Gasteiger partial charge in [-0.15, -0.1) is 11.3 Å². The first kappa shape index (κ1) is 11.3. The van der Waals surface area contributed by atoms with E-state index in [1.165, 1.54) is 4.57 Å². The number of oxazole rings is 1. The summed E-state index contributed by atoms with van der Waals surface area (Å²) >= 11 is 1.62. The Morgan fingerprint density at radius 2 is 2.22 bits per heavy atom. The van der Waals surface area contributed by atoms with Crippen molar-refractivity contribution in [3.63, 3.8) is 0 Å². The molecule has 1 atom stereocenters. The van der Waals surface area contributed by atoms with E-state index in [0.717, 1.165) is 16.0 Å². The van der Waals surface area contributed by atoms with E-state index in [9.17, 15) is 4.79 Å². The summed E-state index contributed by atoms with van der Waals surface area (Å²) in [6.45, 7) is 0. The highest BCUT2D eigenvalue weighted by Gasteiger charge is 2.13. The predicted octanol–water partition coefficient (Wildman–Crippen LogP) is 2.24. The molecule has 3 aromatic rings. The molecule has 0 radical (unpaired) electrons. The molecule has 2 N–H and O–H groups in total. The number of nitrogens with two attached hydrogens (primary N) is 1.